The highest BCUT2D eigenvalue weighted by atomic mass is 35.5. The number of halogens is 1. The summed E-state index contributed by atoms with van der Waals surface area (Å²) in [7, 11) is 1.53. The van der Waals surface area contributed by atoms with E-state index in [0.717, 1.165) is 0 Å². The number of carbonyl (C=O) groups excluding carboxylic acids is 2. The summed E-state index contributed by atoms with van der Waals surface area (Å²) in [5, 5.41) is 1.64. The van der Waals surface area contributed by atoms with Crippen molar-refractivity contribution in [2.75, 3.05) is 18.7 Å². The highest BCUT2D eigenvalue weighted by Gasteiger charge is 2.34. The van der Waals surface area contributed by atoms with Gasteiger partial charge in [-0.15, -0.1) is 0 Å². The Morgan fingerprint density at radius 2 is 1.96 bits per heavy atom. The average Bonchev–Trinajstić information content (AvgIpc) is 2.91. The first-order valence-corrected chi connectivity index (χ1v) is 8.35. The van der Waals surface area contributed by atoms with Crippen molar-refractivity contribution in [3.63, 3.8) is 0 Å². The number of amides is 2. The van der Waals surface area contributed by atoms with E-state index in [9.17, 15) is 9.59 Å². The van der Waals surface area contributed by atoms with Crippen molar-refractivity contribution in [2.24, 2.45) is 0 Å². The van der Waals surface area contributed by atoms with Crippen LogP contribution in [0.4, 0.5) is 5.69 Å². The molecule has 0 radical (unpaired) electrons. The molecule has 1 fully saturated rings. The number of rotatable bonds is 5. The molecule has 1 saturated heterocycles. The van der Waals surface area contributed by atoms with Crippen molar-refractivity contribution >= 4 is 35.2 Å². The molecule has 1 heterocycles. The highest BCUT2D eigenvalue weighted by molar-refractivity contribution is 6.33. The molecule has 0 aliphatic carbocycles. The van der Waals surface area contributed by atoms with Gasteiger partial charge in [0.25, 0.3) is 11.8 Å². The molecule has 26 heavy (non-hydrogen) atoms. The Hall–Kier alpha value is -2.99. The summed E-state index contributed by atoms with van der Waals surface area (Å²) in [6.07, 6.45) is 1.51. The summed E-state index contributed by atoms with van der Waals surface area (Å²) in [5.41, 5.74) is 3.70. The molecule has 1 aliphatic heterocycles. The molecular weight excluding hydrogens is 356 g/mol. The Bertz CT molecular complexity index is 895. The van der Waals surface area contributed by atoms with Gasteiger partial charge in [-0.25, -0.2) is 5.01 Å². The second-order valence-corrected chi connectivity index (χ2v) is 5.90. The molecule has 0 unspecified atom stereocenters. The van der Waals surface area contributed by atoms with Crippen LogP contribution in [0.5, 0.6) is 11.5 Å². The number of hydrogen-bond donors (Lipinski definition) is 1. The fourth-order valence-corrected chi connectivity index (χ4v) is 2.75. The minimum Gasteiger partial charge on any atom is -0.493 e. The van der Waals surface area contributed by atoms with Crippen LogP contribution in [0.15, 0.2) is 48.0 Å². The van der Waals surface area contributed by atoms with Gasteiger partial charge in [0.1, 0.15) is 5.57 Å². The molecule has 2 amide bonds. The fourth-order valence-electron chi connectivity index (χ4n) is 2.57. The molecule has 1 N–H and O–H groups in total. The van der Waals surface area contributed by atoms with Gasteiger partial charge in [-0.2, -0.15) is 0 Å². The smallest absolute Gasteiger partial charge is 0.282 e. The molecule has 0 atom stereocenters. The summed E-state index contributed by atoms with van der Waals surface area (Å²) in [4.78, 5) is 24.9. The van der Waals surface area contributed by atoms with E-state index in [4.69, 9.17) is 21.1 Å². The quantitative estimate of drug-likeness (QED) is 0.646. The molecule has 0 spiro atoms. The Morgan fingerprint density at radius 1 is 1.15 bits per heavy atom. The van der Waals surface area contributed by atoms with Crippen LogP contribution >= 0.6 is 11.6 Å². The van der Waals surface area contributed by atoms with Crippen molar-refractivity contribution in [1.82, 2.24) is 5.43 Å². The lowest BCUT2D eigenvalue weighted by Crippen LogP contribution is -2.35. The van der Waals surface area contributed by atoms with E-state index < -0.39 is 11.8 Å². The minimum absolute atomic E-state index is 0.0242. The van der Waals surface area contributed by atoms with Crippen LogP contribution in [-0.2, 0) is 9.59 Å². The average molecular weight is 373 g/mol. The standard InChI is InChI=1S/C19H17ClN2O4/c1-3-26-16-8-7-12(10-17(16)25-2)9-15-18(23)21-22(19(15)24)14-6-4-5-13(20)11-14/h4-11H,3H2,1-2H3,(H,21,23). The number of nitrogens with zero attached hydrogens (tertiary/aromatic N) is 1. The first-order valence-electron chi connectivity index (χ1n) is 7.97. The number of ether oxygens (including phenoxy) is 2. The largest absolute Gasteiger partial charge is 0.493 e. The van der Waals surface area contributed by atoms with E-state index >= 15 is 0 Å². The lowest BCUT2D eigenvalue weighted by atomic mass is 10.1. The maximum atomic E-state index is 12.6. The summed E-state index contributed by atoms with van der Waals surface area (Å²) >= 11 is 5.96. The number of carbonyl (C=O) groups is 2. The lowest BCUT2D eigenvalue weighted by Gasteiger charge is -2.14. The van der Waals surface area contributed by atoms with Gasteiger partial charge in [0, 0.05) is 5.02 Å². The zero-order chi connectivity index (χ0) is 18.7. The molecule has 6 nitrogen and oxygen atoms in total. The number of nitrogens with one attached hydrogen (secondary N) is 1. The Morgan fingerprint density at radius 3 is 2.65 bits per heavy atom. The minimum atomic E-state index is -0.483. The molecule has 2 aromatic carbocycles. The lowest BCUT2D eigenvalue weighted by molar-refractivity contribution is -0.117. The number of anilines is 1. The van der Waals surface area contributed by atoms with E-state index in [1.165, 1.54) is 18.2 Å². The van der Waals surface area contributed by atoms with E-state index in [1.807, 2.05) is 6.92 Å². The third-order valence-electron chi connectivity index (χ3n) is 3.76. The topological polar surface area (TPSA) is 67.9 Å². The van der Waals surface area contributed by atoms with Crippen LogP contribution in [0, 0.1) is 0 Å². The second kappa shape index (κ2) is 7.49. The zero-order valence-electron chi connectivity index (χ0n) is 14.3. The molecule has 2 aromatic rings. The predicted molar refractivity (Wildman–Crippen MR) is 99.2 cm³/mol. The molecule has 0 bridgehead atoms. The van der Waals surface area contributed by atoms with Crippen LogP contribution in [0.1, 0.15) is 12.5 Å². The van der Waals surface area contributed by atoms with Gasteiger partial charge in [-0.3, -0.25) is 15.0 Å². The Balaban J connectivity index is 1.91. The van der Waals surface area contributed by atoms with Crippen LogP contribution < -0.4 is 19.9 Å². The Kier molecular flexibility index (Phi) is 5.14. The molecule has 134 valence electrons. The normalized spacial score (nSPS) is 15.3. The fraction of sp³-hybridized carbons (Fsp3) is 0.158. The first kappa shape index (κ1) is 17.8. The summed E-state index contributed by atoms with van der Waals surface area (Å²) in [6.45, 7) is 2.38. The van der Waals surface area contributed by atoms with Crippen molar-refractivity contribution in [3.05, 3.63) is 58.6 Å². The maximum Gasteiger partial charge on any atom is 0.282 e. The van der Waals surface area contributed by atoms with Gasteiger partial charge in [0.15, 0.2) is 11.5 Å². The van der Waals surface area contributed by atoms with E-state index in [0.29, 0.717) is 34.4 Å². The van der Waals surface area contributed by atoms with Crippen LogP contribution in [-0.4, -0.2) is 25.5 Å². The molecule has 0 saturated carbocycles. The SMILES string of the molecule is CCOc1ccc(C=C2C(=O)NN(c3cccc(Cl)c3)C2=O)cc1OC. The van der Waals surface area contributed by atoms with Crippen molar-refractivity contribution in [3.8, 4) is 11.5 Å². The summed E-state index contributed by atoms with van der Waals surface area (Å²) < 4.78 is 10.8. The van der Waals surface area contributed by atoms with Gasteiger partial charge in [-0.1, -0.05) is 23.7 Å². The maximum absolute atomic E-state index is 12.6. The summed E-state index contributed by atoms with van der Waals surface area (Å²) in [5.74, 6) is 0.187. The van der Waals surface area contributed by atoms with Gasteiger partial charge in [0.05, 0.1) is 19.4 Å². The van der Waals surface area contributed by atoms with Crippen molar-refractivity contribution in [2.45, 2.75) is 6.92 Å². The molecule has 0 aromatic heterocycles. The third-order valence-corrected chi connectivity index (χ3v) is 3.99. The van der Waals surface area contributed by atoms with Crippen LogP contribution in [0.25, 0.3) is 6.08 Å². The molecule has 7 heteroatoms. The third kappa shape index (κ3) is 3.50. The number of hydrogen-bond acceptors (Lipinski definition) is 4. The van der Waals surface area contributed by atoms with E-state index in [-0.39, 0.29) is 5.57 Å². The molecule has 1 aliphatic rings. The predicted octanol–water partition coefficient (Wildman–Crippen LogP) is 3.21. The second-order valence-electron chi connectivity index (χ2n) is 5.46. The zero-order valence-corrected chi connectivity index (χ0v) is 15.0. The van der Waals surface area contributed by atoms with Gasteiger partial charge in [-0.05, 0) is 48.9 Å². The molecule has 3 rings (SSSR count). The van der Waals surface area contributed by atoms with Crippen molar-refractivity contribution in [1.29, 1.82) is 0 Å². The highest BCUT2D eigenvalue weighted by Crippen LogP contribution is 2.30. The number of hydrazine groups is 1. The number of benzene rings is 2. The van der Waals surface area contributed by atoms with E-state index in [2.05, 4.69) is 5.43 Å². The van der Waals surface area contributed by atoms with Gasteiger partial charge >= 0.3 is 0 Å². The van der Waals surface area contributed by atoms with Crippen LogP contribution in [0.3, 0.4) is 0 Å². The van der Waals surface area contributed by atoms with E-state index in [1.54, 1.807) is 42.5 Å². The number of methoxy groups -OCH3 is 1. The van der Waals surface area contributed by atoms with Gasteiger partial charge in [0.2, 0.25) is 0 Å². The van der Waals surface area contributed by atoms with Crippen molar-refractivity contribution < 1.29 is 19.1 Å². The first-order chi connectivity index (χ1) is 12.5. The molecular formula is C19H17ClN2O4. The monoisotopic (exact) mass is 372 g/mol. The van der Waals surface area contributed by atoms with Gasteiger partial charge < -0.3 is 9.47 Å². The Labute approximate surface area is 155 Å². The summed E-state index contributed by atoms with van der Waals surface area (Å²) in [6, 6.07) is 11.9. The van der Waals surface area contributed by atoms with Crippen LogP contribution in [0.2, 0.25) is 5.02 Å².